The SMILES string of the molecule is CCNC(c1ccc(C)nc1)C1(N(CC)CC)CCCC1. The molecule has 0 radical (unpaired) electrons. The third kappa shape index (κ3) is 3.29. The first-order valence-corrected chi connectivity index (χ1v) is 8.59. The van der Waals surface area contributed by atoms with E-state index < -0.39 is 0 Å². The van der Waals surface area contributed by atoms with Crippen molar-refractivity contribution in [3.05, 3.63) is 29.6 Å². The maximum Gasteiger partial charge on any atom is 0.0522 e. The highest BCUT2D eigenvalue weighted by atomic mass is 15.2. The average Bonchev–Trinajstić information content (AvgIpc) is 2.98. The van der Waals surface area contributed by atoms with Gasteiger partial charge in [0, 0.05) is 17.4 Å². The summed E-state index contributed by atoms with van der Waals surface area (Å²) in [5, 5.41) is 3.77. The van der Waals surface area contributed by atoms with Crippen molar-refractivity contribution in [2.24, 2.45) is 0 Å². The molecule has 0 amide bonds. The van der Waals surface area contributed by atoms with Crippen molar-refractivity contribution in [2.45, 2.75) is 65.0 Å². The summed E-state index contributed by atoms with van der Waals surface area (Å²) >= 11 is 0. The molecule has 0 spiro atoms. The number of pyridine rings is 1. The molecule has 1 saturated carbocycles. The van der Waals surface area contributed by atoms with E-state index in [9.17, 15) is 0 Å². The molecule has 0 bridgehead atoms. The number of aryl methyl sites for hydroxylation is 1. The van der Waals surface area contributed by atoms with E-state index in [1.165, 1.54) is 31.2 Å². The molecule has 3 nitrogen and oxygen atoms in total. The smallest absolute Gasteiger partial charge is 0.0522 e. The fraction of sp³-hybridized carbons (Fsp3) is 0.722. The summed E-state index contributed by atoms with van der Waals surface area (Å²) in [4.78, 5) is 7.21. The van der Waals surface area contributed by atoms with E-state index in [2.05, 4.69) is 61.2 Å². The Bertz CT molecular complexity index is 417. The summed E-state index contributed by atoms with van der Waals surface area (Å²) in [5.74, 6) is 0. The van der Waals surface area contributed by atoms with E-state index in [1.807, 2.05) is 0 Å². The minimum atomic E-state index is 0.260. The van der Waals surface area contributed by atoms with Crippen LogP contribution in [0.15, 0.2) is 18.3 Å². The molecule has 3 heteroatoms. The molecule has 1 unspecified atom stereocenters. The van der Waals surface area contributed by atoms with Crippen LogP contribution in [0, 0.1) is 6.92 Å². The van der Waals surface area contributed by atoms with Crippen molar-refractivity contribution >= 4 is 0 Å². The second-order valence-electron chi connectivity index (χ2n) is 6.21. The van der Waals surface area contributed by atoms with E-state index in [0.717, 1.165) is 25.3 Å². The molecule has 21 heavy (non-hydrogen) atoms. The monoisotopic (exact) mass is 289 g/mol. The molecule has 1 atom stereocenters. The summed E-state index contributed by atoms with van der Waals surface area (Å²) in [6.45, 7) is 12.1. The van der Waals surface area contributed by atoms with Crippen LogP contribution < -0.4 is 5.32 Å². The Hall–Kier alpha value is -0.930. The molecule has 1 aliphatic carbocycles. The van der Waals surface area contributed by atoms with Gasteiger partial charge in [-0.05, 0) is 51.0 Å². The minimum absolute atomic E-state index is 0.260. The first-order valence-electron chi connectivity index (χ1n) is 8.59. The predicted molar refractivity (Wildman–Crippen MR) is 89.5 cm³/mol. The first-order chi connectivity index (χ1) is 10.2. The Labute approximate surface area is 130 Å². The fourth-order valence-corrected chi connectivity index (χ4v) is 4.10. The molecule has 1 heterocycles. The fourth-order valence-electron chi connectivity index (χ4n) is 4.10. The Balaban J connectivity index is 2.39. The van der Waals surface area contributed by atoms with Crippen molar-refractivity contribution < 1.29 is 0 Å². The van der Waals surface area contributed by atoms with Gasteiger partial charge in [0.25, 0.3) is 0 Å². The largest absolute Gasteiger partial charge is 0.309 e. The second kappa shape index (κ2) is 7.37. The number of nitrogens with zero attached hydrogens (tertiary/aromatic N) is 2. The number of nitrogens with one attached hydrogen (secondary N) is 1. The lowest BCUT2D eigenvalue weighted by molar-refractivity contribution is 0.0631. The number of hydrogen-bond acceptors (Lipinski definition) is 3. The highest BCUT2D eigenvalue weighted by Gasteiger charge is 2.45. The Morgan fingerprint density at radius 2 is 1.86 bits per heavy atom. The topological polar surface area (TPSA) is 28.2 Å². The third-order valence-corrected chi connectivity index (χ3v) is 5.08. The van der Waals surface area contributed by atoms with Gasteiger partial charge in [0.05, 0.1) is 6.04 Å². The zero-order chi connectivity index (χ0) is 15.3. The molecule has 0 aromatic carbocycles. The molecule has 1 N–H and O–H groups in total. The molecule has 0 saturated heterocycles. The molecule has 1 fully saturated rings. The van der Waals surface area contributed by atoms with Gasteiger partial charge in [0.15, 0.2) is 0 Å². The van der Waals surface area contributed by atoms with Gasteiger partial charge in [-0.3, -0.25) is 9.88 Å². The molecule has 1 aliphatic rings. The van der Waals surface area contributed by atoms with Crippen LogP contribution >= 0.6 is 0 Å². The molecule has 118 valence electrons. The zero-order valence-electron chi connectivity index (χ0n) is 14.2. The highest BCUT2D eigenvalue weighted by molar-refractivity contribution is 5.23. The van der Waals surface area contributed by atoms with Crippen LogP contribution in [0.1, 0.15) is 63.8 Å². The number of rotatable bonds is 7. The maximum absolute atomic E-state index is 4.54. The van der Waals surface area contributed by atoms with Crippen LogP contribution in [0.2, 0.25) is 0 Å². The summed E-state index contributed by atoms with van der Waals surface area (Å²) in [6, 6.07) is 4.79. The Morgan fingerprint density at radius 3 is 2.33 bits per heavy atom. The van der Waals surface area contributed by atoms with Gasteiger partial charge in [-0.15, -0.1) is 0 Å². The lowest BCUT2D eigenvalue weighted by Gasteiger charge is -2.46. The second-order valence-corrected chi connectivity index (χ2v) is 6.21. The van der Waals surface area contributed by atoms with Crippen LogP contribution in [-0.4, -0.2) is 35.1 Å². The summed E-state index contributed by atoms with van der Waals surface area (Å²) in [5.41, 5.74) is 2.70. The predicted octanol–water partition coefficient (Wildman–Crippen LogP) is 3.70. The van der Waals surface area contributed by atoms with E-state index in [1.54, 1.807) is 0 Å². The lowest BCUT2D eigenvalue weighted by Crippen LogP contribution is -2.55. The summed E-state index contributed by atoms with van der Waals surface area (Å²) < 4.78 is 0. The van der Waals surface area contributed by atoms with E-state index in [0.29, 0.717) is 6.04 Å². The first kappa shape index (κ1) is 16.4. The minimum Gasteiger partial charge on any atom is -0.309 e. The molecular formula is C18H31N3. The molecule has 1 aromatic heterocycles. The van der Waals surface area contributed by atoms with Crippen LogP contribution in [0.5, 0.6) is 0 Å². The van der Waals surface area contributed by atoms with Crippen molar-refractivity contribution in [3.63, 3.8) is 0 Å². The van der Waals surface area contributed by atoms with Crippen molar-refractivity contribution in [1.29, 1.82) is 0 Å². The quantitative estimate of drug-likeness (QED) is 0.829. The van der Waals surface area contributed by atoms with Crippen molar-refractivity contribution in [1.82, 2.24) is 15.2 Å². The number of likely N-dealkylation sites (N-methyl/N-ethyl adjacent to an activating group) is 2. The average molecular weight is 289 g/mol. The molecule has 1 aromatic rings. The van der Waals surface area contributed by atoms with Gasteiger partial charge < -0.3 is 5.32 Å². The standard InChI is InChI=1S/C18H31N3/c1-5-19-17(16-11-10-15(4)20-14-16)18(12-8-9-13-18)21(6-2)7-3/h10-11,14,17,19H,5-9,12-13H2,1-4H3. The molecule has 0 aliphatic heterocycles. The van der Waals surface area contributed by atoms with Crippen LogP contribution in [0.4, 0.5) is 0 Å². The summed E-state index contributed by atoms with van der Waals surface area (Å²) in [6.07, 6.45) is 7.35. The lowest BCUT2D eigenvalue weighted by atomic mass is 9.82. The zero-order valence-corrected chi connectivity index (χ0v) is 14.2. The van der Waals surface area contributed by atoms with Crippen molar-refractivity contribution in [2.75, 3.05) is 19.6 Å². The van der Waals surface area contributed by atoms with E-state index in [-0.39, 0.29) is 5.54 Å². The number of hydrogen-bond donors (Lipinski definition) is 1. The van der Waals surface area contributed by atoms with E-state index in [4.69, 9.17) is 0 Å². The van der Waals surface area contributed by atoms with Gasteiger partial charge in [0.2, 0.25) is 0 Å². The van der Waals surface area contributed by atoms with Gasteiger partial charge in [-0.1, -0.05) is 39.7 Å². The van der Waals surface area contributed by atoms with Gasteiger partial charge in [-0.25, -0.2) is 0 Å². The van der Waals surface area contributed by atoms with Gasteiger partial charge in [0.1, 0.15) is 0 Å². The highest BCUT2D eigenvalue weighted by Crippen LogP contribution is 2.44. The Kier molecular flexibility index (Phi) is 5.77. The van der Waals surface area contributed by atoms with E-state index >= 15 is 0 Å². The van der Waals surface area contributed by atoms with Crippen LogP contribution in [0.3, 0.4) is 0 Å². The van der Waals surface area contributed by atoms with Crippen LogP contribution in [0.25, 0.3) is 0 Å². The van der Waals surface area contributed by atoms with Crippen LogP contribution in [-0.2, 0) is 0 Å². The van der Waals surface area contributed by atoms with Gasteiger partial charge >= 0.3 is 0 Å². The molecule has 2 rings (SSSR count). The Morgan fingerprint density at radius 1 is 1.19 bits per heavy atom. The maximum atomic E-state index is 4.54. The van der Waals surface area contributed by atoms with Gasteiger partial charge in [-0.2, -0.15) is 0 Å². The normalized spacial score (nSPS) is 19.1. The third-order valence-electron chi connectivity index (χ3n) is 5.08. The van der Waals surface area contributed by atoms with Crippen molar-refractivity contribution in [3.8, 4) is 0 Å². The summed E-state index contributed by atoms with van der Waals surface area (Å²) in [7, 11) is 0. The molecular weight excluding hydrogens is 258 g/mol. The number of aromatic nitrogens is 1.